The van der Waals surface area contributed by atoms with E-state index in [9.17, 15) is 10.1 Å². The highest BCUT2D eigenvalue weighted by atomic mass is 35.5. The van der Waals surface area contributed by atoms with E-state index in [1.54, 1.807) is 12.1 Å². The molecule has 1 heterocycles. The predicted molar refractivity (Wildman–Crippen MR) is 100 cm³/mol. The molecule has 9 heteroatoms. The van der Waals surface area contributed by atoms with Gasteiger partial charge in [0.1, 0.15) is 11.6 Å². The monoisotopic (exact) mass is 414 g/mol. The van der Waals surface area contributed by atoms with E-state index in [1.165, 1.54) is 23.5 Å². The summed E-state index contributed by atoms with van der Waals surface area (Å²) >= 11 is 19.4. The minimum atomic E-state index is -0.569. The maximum Gasteiger partial charge on any atom is 0.272 e. The molecule has 0 N–H and O–H groups in total. The minimum Gasteiger partial charge on any atom is -0.484 e. The van der Waals surface area contributed by atoms with Gasteiger partial charge >= 0.3 is 0 Å². The van der Waals surface area contributed by atoms with Crippen LogP contribution in [0, 0.1) is 10.1 Å². The van der Waals surface area contributed by atoms with Crippen LogP contribution < -0.4 is 4.74 Å². The second kappa shape index (κ2) is 7.58. The van der Waals surface area contributed by atoms with E-state index >= 15 is 0 Å². The SMILES string of the molecule is O=[N+]([O-])c1cc(Cl)c(OCc2csc(-c3ccc(Cl)cc3)n2)c(Cl)c1. The van der Waals surface area contributed by atoms with Crippen LogP contribution in [0.1, 0.15) is 5.69 Å². The number of benzene rings is 2. The number of non-ortho nitro benzene ring substituents is 1. The van der Waals surface area contributed by atoms with Crippen molar-refractivity contribution < 1.29 is 9.66 Å². The fraction of sp³-hybridized carbons (Fsp3) is 0.0625. The van der Waals surface area contributed by atoms with Gasteiger partial charge < -0.3 is 4.74 Å². The molecular formula is C16H9Cl3N2O3S. The zero-order valence-electron chi connectivity index (χ0n) is 12.4. The first-order chi connectivity index (χ1) is 11.9. The summed E-state index contributed by atoms with van der Waals surface area (Å²) in [5, 5.41) is 14.3. The fourth-order valence-electron chi connectivity index (χ4n) is 2.03. The van der Waals surface area contributed by atoms with Gasteiger partial charge in [-0.3, -0.25) is 10.1 Å². The Bertz CT molecular complexity index is 906. The molecule has 2 aromatic carbocycles. The van der Waals surface area contributed by atoms with Crippen LogP contribution in [0.25, 0.3) is 10.6 Å². The standard InChI is InChI=1S/C16H9Cl3N2O3S/c17-10-3-1-9(2-4-10)16-20-11(8-25-16)7-24-15-13(18)5-12(21(22)23)6-14(15)19/h1-6,8H,7H2. The van der Waals surface area contributed by atoms with Crippen LogP contribution in [0.15, 0.2) is 41.8 Å². The van der Waals surface area contributed by atoms with Gasteiger partial charge in [0.05, 0.1) is 20.7 Å². The molecule has 0 aliphatic rings. The summed E-state index contributed by atoms with van der Waals surface area (Å²) in [5.41, 5.74) is 1.45. The Labute approximate surface area is 161 Å². The molecule has 25 heavy (non-hydrogen) atoms. The van der Waals surface area contributed by atoms with Gasteiger partial charge in [-0.2, -0.15) is 0 Å². The third-order valence-electron chi connectivity index (χ3n) is 3.20. The molecule has 1 aromatic heterocycles. The van der Waals surface area contributed by atoms with Crippen LogP contribution in [-0.2, 0) is 6.61 Å². The molecule has 0 radical (unpaired) electrons. The second-order valence-corrected chi connectivity index (χ2v) is 7.04. The lowest BCUT2D eigenvalue weighted by atomic mass is 10.2. The van der Waals surface area contributed by atoms with Gasteiger partial charge in [0.2, 0.25) is 0 Å². The molecule has 0 aliphatic carbocycles. The van der Waals surface area contributed by atoms with Crippen molar-refractivity contribution in [2.75, 3.05) is 0 Å². The lowest BCUT2D eigenvalue weighted by Gasteiger charge is -2.08. The highest BCUT2D eigenvalue weighted by Gasteiger charge is 2.16. The van der Waals surface area contributed by atoms with Crippen LogP contribution in [0.5, 0.6) is 5.75 Å². The molecule has 0 spiro atoms. The molecule has 0 bridgehead atoms. The smallest absolute Gasteiger partial charge is 0.272 e. The van der Waals surface area contributed by atoms with Crippen molar-refractivity contribution in [2.24, 2.45) is 0 Å². The van der Waals surface area contributed by atoms with E-state index in [1.807, 2.05) is 17.5 Å². The third kappa shape index (κ3) is 4.22. The number of nitro groups is 1. The molecule has 0 atom stereocenters. The number of ether oxygens (including phenoxy) is 1. The van der Waals surface area contributed by atoms with E-state index in [0.29, 0.717) is 10.7 Å². The number of rotatable bonds is 5. The molecule has 0 amide bonds. The van der Waals surface area contributed by atoms with E-state index in [2.05, 4.69) is 4.98 Å². The van der Waals surface area contributed by atoms with Gasteiger partial charge in [-0.15, -0.1) is 11.3 Å². The molecule has 128 valence electrons. The molecule has 0 saturated heterocycles. The molecule has 0 saturated carbocycles. The topological polar surface area (TPSA) is 65.3 Å². The summed E-state index contributed by atoms with van der Waals surface area (Å²) in [6.45, 7) is 0.140. The van der Waals surface area contributed by atoms with Gasteiger partial charge in [0.25, 0.3) is 5.69 Å². The van der Waals surface area contributed by atoms with Crippen molar-refractivity contribution in [3.8, 4) is 16.3 Å². The Morgan fingerprint density at radius 2 is 1.76 bits per heavy atom. The lowest BCUT2D eigenvalue weighted by Crippen LogP contribution is -1.98. The fourth-order valence-corrected chi connectivity index (χ4v) is 3.56. The average Bonchev–Trinajstić information content (AvgIpc) is 3.03. The molecule has 3 aromatic rings. The number of hydrogen-bond acceptors (Lipinski definition) is 5. The summed E-state index contributed by atoms with van der Waals surface area (Å²) in [6, 6.07) is 9.76. The van der Waals surface area contributed by atoms with Gasteiger partial charge in [-0.25, -0.2) is 4.98 Å². The highest BCUT2D eigenvalue weighted by Crippen LogP contribution is 2.37. The van der Waals surface area contributed by atoms with Crippen molar-refractivity contribution in [1.82, 2.24) is 4.98 Å². The first kappa shape index (κ1) is 17.9. The molecular weight excluding hydrogens is 407 g/mol. The maximum atomic E-state index is 10.8. The quantitative estimate of drug-likeness (QED) is 0.364. The summed E-state index contributed by atoms with van der Waals surface area (Å²) in [5.74, 6) is 0.190. The van der Waals surface area contributed by atoms with Gasteiger partial charge in [0, 0.05) is 28.1 Å². The molecule has 0 fully saturated rings. The molecule has 3 rings (SSSR count). The van der Waals surface area contributed by atoms with Gasteiger partial charge in [-0.05, 0) is 12.1 Å². The predicted octanol–water partition coefficient (Wildman–Crippen LogP) is 6.26. The Kier molecular flexibility index (Phi) is 5.44. The third-order valence-corrected chi connectivity index (χ3v) is 4.95. The Morgan fingerprint density at radius 1 is 1.12 bits per heavy atom. The van der Waals surface area contributed by atoms with Gasteiger partial charge in [0.15, 0.2) is 5.75 Å². The summed E-state index contributed by atoms with van der Waals surface area (Å²) in [6.07, 6.45) is 0. The average molecular weight is 416 g/mol. The Morgan fingerprint density at radius 3 is 2.36 bits per heavy atom. The van der Waals surface area contributed by atoms with Crippen LogP contribution in [0.3, 0.4) is 0 Å². The van der Waals surface area contributed by atoms with Crippen molar-refractivity contribution in [3.05, 3.63) is 72.7 Å². The second-order valence-electron chi connectivity index (χ2n) is 4.94. The number of nitrogens with zero attached hydrogens (tertiary/aromatic N) is 2. The lowest BCUT2D eigenvalue weighted by molar-refractivity contribution is -0.384. The zero-order valence-corrected chi connectivity index (χ0v) is 15.5. The van der Waals surface area contributed by atoms with Crippen LogP contribution in [0.2, 0.25) is 15.1 Å². The Balaban J connectivity index is 1.74. The van der Waals surface area contributed by atoms with Crippen molar-refractivity contribution >= 4 is 51.8 Å². The van der Waals surface area contributed by atoms with Crippen LogP contribution in [-0.4, -0.2) is 9.91 Å². The first-order valence-corrected chi connectivity index (χ1v) is 8.92. The van der Waals surface area contributed by atoms with Crippen LogP contribution in [0.4, 0.5) is 5.69 Å². The molecule has 0 unspecified atom stereocenters. The van der Waals surface area contributed by atoms with Gasteiger partial charge in [-0.1, -0.05) is 46.9 Å². The van der Waals surface area contributed by atoms with E-state index < -0.39 is 4.92 Å². The number of halogens is 3. The van der Waals surface area contributed by atoms with Crippen molar-refractivity contribution in [1.29, 1.82) is 0 Å². The normalized spacial score (nSPS) is 10.7. The number of aromatic nitrogens is 1. The Hall–Kier alpha value is -1.86. The first-order valence-electron chi connectivity index (χ1n) is 6.90. The van der Waals surface area contributed by atoms with Crippen molar-refractivity contribution in [2.45, 2.75) is 6.61 Å². The largest absolute Gasteiger partial charge is 0.484 e. The number of nitro benzene ring substituents is 1. The van der Waals surface area contributed by atoms with Crippen LogP contribution >= 0.6 is 46.1 Å². The number of thiazole rings is 1. The highest BCUT2D eigenvalue weighted by molar-refractivity contribution is 7.13. The molecule has 5 nitrogen and oxygen atoms in total. The summed E-state index contributed by atoms with van der Waals surface area (Å²) in [4.78, 5) is 14.7. The molecule has 0 aliphatic heterocycles. The van der Waals surface area contributed by atoms with E-state index in [-0.39, 0.29) is 28.1 Å². The summed E-state index contributed by atoms with van der Waals surface area (Å²) < 4.78 is 5.59. The van der Waals surface area contributed by atoms with E-state index in [0.717, 1.165) is 10.6 Å². The summed E-state index contributed by atoms with van der Waals surface area (Å²) in [7, 11) is 0. The maximum absolute atomic E-state index is 10.8. The zero-order chi connectivity index (χ0) is 18.0. The number of hydrogen-bond donors (Lipinski definition) is 0. The minimum absolute atomic E-state index is 0.0763. The van der Waals surface area contributed by atoms with E-state index in [4.69, 9.17) is 39.5 Å². The van der Waals surface area contributed by atoms with Crippen molar-refractivity contribution in [3.63, 3.8) is 0 Å².